The van der Waals surface area contributed by atoms with Crippen LogP contribution in [0.1, 0.15) is 53.4 Å². The zero-order valence-corrected chi connectivity index (χ0v) is 28.4. The standard InChI is InChI=1S/C32H42N4O8S2/c1-7-18-16-32(18,30(40)35-46(41,42)20-12-13-20)34-28(38)22-14-19(17-36(22)29(39)27(37)31(3,4)5)44-23-15-25(43-8-2)33-26-21(23)10-9-11-24(26)45-6/h7,9-11,15,18-20,22,27,37H,1,8,12-14,16-17H2,2-6H3,(H,34,38)(H,35,40)/t18-,19-,22-,27-,32-/m1/s1. The number of hydrogen-bond acceptors (Lipinski definition) is 10. The van der Waals surface area contributed by atoms with Gasteiger partial charge in [-0.2, -0.15) is 0 Å². The molecule has 46 heavy (non-hydrogen) atoms. The van der Waals surface area contributed by atoms with Gasteiger partial charge in [0, 0.05) is 28.7 Å². The highest BCUT2D eigenvalue weighted by Crippen LogP contribution is 2.46. The maximum atomic E-state index is 14.0. The van der Waals surface area contributed by atoms with Crippen LogP contribution < -0.4 is 19.5 Å². The number of nitrogens with zero attached hydrogens (tertiary/aromatic N) is 2. The minimum atomic E-state index is -3.86. The first kappa shape index (κ1) is 34.0. The molecule has 2 aliphatic carbocycles. The van der Waals surface area contributed by atoms with E-state index in [2.05, 4.69) is 21.6 Å². The summed E-state index contributed by atoms with van der Waals surface area (Å²) in [5.74, 6) is -1.78. The number of fused-ring (bicyclic) bond motifs is 1. The van der Waals surface area contributed by atoms with Gasteiger partial charge in [0.1, 0.15) is 29.5 Å². The fraction of sp³-hybridized carbons (Fsp3) is 0.562. The molecule has 1 aromatic heterocycles. The Balaban J connectivity index is 1.44. The summed E-state index contributed by atoms with van der Waals surface area (Å²) < 4.78 is 39.4. The molecule has 2 heterocycles. The van der Waals surface area contributed by atoms with E-state index in [1.165, 1.54) is 22.7 Å². The van der Waals surface area contributed by atoms with E-state index in [0.29, 0.717) is 36.6 Å². The van der Waals surface area contributed by atoms with Crippen LogP contribution in [0.5, 0.6) is 11.6 Å². The van der Waals surface area contributed by atoms with Crippen molar-refractivity contribution in [3.63, 3.8) is 0 Å². The molecule has 0 spiro atoms. The predicted molar refractivity (Wildman–Crippen MR) is 174 cm³/mol. The number of carbonyl (C=O) groups excluding carboxylic acids is 3. The van der Waals surface area contributed by atoms with Crippen molar-refractivity contribution < 1.29 is 37.4 Å². The Morgan fingerprint density at radius 2 is 2.00 bits per heavy atom. The van der Waals surface area contributed by atoms with Gasteiger partial charge < -0.3 is 24.8 Å². The van der Waals surface area contributed by atoms with Gasteiger partial charge in [-0.3, -0.25) is 19.1 Å². The third-order valence-electron chi connectivity index (χ3n) is 8.70. The van der Waals surface area contributed by atoms with Gasteiger partial charge in [0.25, 0.3) is 11.8 Å². The number of aromatic nitrogens is 1. The second-order valence-electron chi connectivity index (χ2n) is 13.2. The van der Waals surface area contributed by atoms with E-state index >= 15 is 0 Å². The highest BCUT2D eigenvalue weighted by Gasteiger charge is 2.62. The van der Waals surface area contributed by atoms with Gasteiger partial charge >= 0.3 is 0 Å². The molecule has 1 aliphatic heterocycles. The zero-order valence-electron chi connectivity index (χ0n) is 26.7. The average Bonchev–Trinajstić information content (AvgIpc) is 3.92. The van der Waals surface area contributed by atoms with Crippen molar-refractivity contribution in [2.45, 2.75) is 87.3 Å². The number of aliphatic hydroxyl groups is 1. The van der Waals surface area contributed by atoms with Gasteiger partial charge in [-0.15, -0.1) is 18.3 Å². The molecule has 12 nitrogen and oxygen atoms in total. The molecular formula is C32H42N4O8S2. The lowest BCUT2D eigenvalue weighted by molar-refractivity contribution is -0.150. The number of nitrogens with one attached hydrogen (secondary N) is 2. The summed E-state index contributed by atoms with van der Waals surface area (Å²) in [5.41, 5.74) is -1.64. The second-order valence-corrected chi connectivity index (χ2v) is 16.0. The van der Waals surface area contributed by atoms with Gasteiger partial charge in [-0.1, -0.05) is 32.9 Å². The van der Waals surface area contributed by atoms with Crippen LogP contribution >= 0.6 is 11.8 Å². The normalized spacial score (nSPS) is 25.1. The Hall–Kier alpha value is -3.36. The maximum absolute atomic E-state index is 14.0. The van der Waals surface area contributed by atoms with Crippen LogP contribution in [0.15, 0.2) is 41.8 Å². The van der Waals surface area contributed by atoms with E-state index in [9.17, 15) is 27.9 Å². The molecule has 5 atom stereocenters. The number of aliphatic hydroxyl groups excluding tert-OH is 1. The number of carbonyl (C=O) groups is 3. The summed E-state index contributed by atoms with van der Waals surface area (Å²) in [5, 5.41) is 13.8. The number of hydrogen-bond donors (Lipinski definition) is 3. The van der Waals surface area contributed by atoms with Crippen molar-refractivity contribution in [3.8, 4) is 11.6 Å². The molecule has 250 valence electrons. The van der Waals surface area contributed by atoms with Crippen molar-refractivity contribution in [1.82, 2.24) is 19.9 Å². The Morgan fingerprint density at radius 3 is 2.59 bits per heavy atom. The van der Waals surface area contributed by atoms with Crippen molar-refractivity contribution in [2.75, 3.05) is 19.4 Å². The summed E-state index contributed by atoms with van der Waals surface area (Å²) in [6, 6.07) is 6.28. The largest absolute Gasteiger partial charge is 0.488 e. The lowest BCUT2D eigenvalue weighted by Crippen LogP contribution is -2.57. The Kier molecular flexibility index (Phi) is 9.37. The van der Waals surface area contributed by atoms with Gasteiger partial charge in [0.2, 0.25) is 21.8 Å². The predicted octanol–water partition coefficient (Wildman–Crippen LogP) is 2.78. The molecular weight excluding hydrogens is 633 g/mol. The van der Waals surface area contributed by atoms with Crippen LogP contribution in [0.2, 0.25) is 0 Å². The number of para-hydroxylation sites is 1. The molecule has 0 radical (unpaired) electrons. The molecule has 0 unspecified atom stereocenters. The van der Waals surface area contributed by atoms with E-state index < -0.39 is 68.1 Å². The Bertz CT molecular complexity index is 1660. The van der Waals surface area contributed by atoms with Gasteiger partial charge in [-0.05, 0) is 50.0 Å². The van der Waals surface area contributed by atoms with Crippen LogP contribution in [0, 0.1) is 11.3 Å². The molecule has 1 aromatic carbocycles. The molecule has 3 amide bonds. The average molecular weight is 675 g/mol. The van der Waals surface area contributed by atoms with E-state index in [4.69, 9.17) is 9.47 Å². The number of benzene rings is 1. The number of rotatable bonds is 12. The monoisotopic (exact) mass is 674 g/mol. The minimum Gasteiger partial charge on any atom is -0.488 e. The van der Waals surface area contributed by atoms with Crippen LogP contribution in [0.4, 0.5) is 0 Å². The number of pyridine rings is 1. The first-order valence-corrected chi connectivity index (χ1v) is 18.2. The number of ether oxygens (including phenoxy) is 2. The summed E-state index contributed by atoms with van der Waals surface area (Å²) >= 11 is 1.53. The molecule has 5 rings (SSSR count). The van der Waals surface area contributed by atoms with Crippen molar-refractivity contribution in [1.29, 1.82) is 0 Å². The lowest BCUT2D eigenvalue weighted by Gasteiger charge is -2.32. The molecule has 3 fully saturated rings. The topological polar surface area (TPSA) is 164 Å². The third-order valence-corrected chi connectivity index (χ3v) is 11.3. The molecule has 3 aliphatic rings. The van der Waals surface area contributed by atoms with Gasteiger partial charge in [0.15, 0.2) is 0 Å². The van der Waals surface area contributed by atoms with E-state index in [1.54, 1.807) is 26.8 Å². The highest BCUT2D eigenvalue weighted by atomic mass is 32.2. The highest BCUT2D eigenvalue weighted by molar-refractivity contribution is 7.98. The van der Waals surface area contributed by atoms with Crippen LogP contribution in [0.3, 0.4) is 0 Å². The van der Waals surface area contributed by atoms with Gasteiger partial charge in [-0.25, -0.2) is 13.4 Å². The molecule has 2 aromatic rings. The smallest absolute Gasteiger partial charge is 0.259 e. The number of sulfonamides is 1. The SMILES string of the molecule is C=C[C@@H]1C[C@]1(NC(=O)[C@H]1C[C@@H](Oc2cc(OCC)nc3c(SC)cccc23)CN1C(=O)[C@@H](O)C(C)(C)C)C(=O)NS(=O)(=O)C1CC1. The maximum Gasteiger partial charge on any atom is 0.259 e. The van der Waals surface area contributed by atoms with E-state index in [0.717, 1.165) is 10.3 Å². The van der Waals surface area contributed by atoms with Gasteiger partial charge in [0.05, 0.1) is 23.9 Å². The quantitative estimate of drug-likeness (QED) is 0.225. The zero-order chi connectivity index (χ0) is 33.6. The number of likely N-dealkylation sites (tertiary alicyclic amines) is 1. The van der Waals surface area contributed by atoms with E-state index in [1.807, 2.05) is 31.4 Å². The molecule has 2 saturated carbocycles. The van der Waals surface area contributed by atoms with Crippen LogP contribution in [-0.4, -0.2) is 89.6 Å². The fourth-order valence-corrected chi connectivity index (χ4v) is 7.68. The molecule has 14 heteroatoms. The second kappa shape index (κ2) is 12.7. The Labute approximate surface area is 273 Å². The Morgan fingerprint density at radius 1 is 1.28 bits per heavy atom. The molecule has 0 bridgehead atoms. The minimum absolute atomic E-state index is 0.0137. The van der Waals surface area contributed by atoms with Crippen LogP contribution in [0.25, 0.3) is 10.9 Å². The first-order valence-electron chi connectivity index (χ1n) is 15.4. The third kappa shape index (κ3) is 6.70. The summed E-state index contributed by atoms with van der Waals surface area (Å²) in [6.45, 7) is 11.1. The first-order chi connectivity index (χ1) is 21.6. The van der Waals surface area contributed by atoms with Crippen molar-refractivity contribution in [2.24, 2.45) is 11.3 Å². The lowest BCUT2D eigenvalue weighted by atomic mass is 9.88. The van der Waals surface area contributed by atoms with E-state index in [-0.39, 0.29) is 19.4 Å². The van der Waals surface area contributed by atoms with Crippen molar-refractivity contribution in [3.05, 3.63) is 36.9 Å². The fourth-order valence-electron chi connectivity index (χ4n) is 5.75. The number of amides is 3. The summed E-state index contributed by atoms with van der Waals surface area (Å²) in [7, 11) is -3.86. The molecule has 3 N–H and O–H groups in total. The summed E-state index contributed by atoms with van der Waals surface area (Å²) in [4.78, 5) is 47.8. The number of thioether (sulfide) groups is 1. The summed E-state index contributed by atoms with van der Waals surface area (Å²) in [6.07, 6.45) is 2.53. The molecule has 1 saturated heterocycles. The van der Waals surface area contributed by atoms with Crippen molar-refractivity contribution >= 4 is 50.4 Å². The van der Waals surface area contributed by atoms with Crippen LogP contribution in [-0.2, 0) is 24.4 Å².